The number of amides is 1. The second-order valence-corrected chi connectivity index (χ2v) is 12.6. The lowest BCUT2D eigenvalue weighted by Gasteiger charge is -2.50. The molecule has 4 aliphatic heterocycles. The van der Waals surface area contributed by atoms with Gasteiger partial charge in [0, 0.05) is 24.7 Å². The molecule has 40 heavy (non-hydrogen) atoms. The molecule has 1 saturated carbocycles. The lowest BCUT2D eigenvalue weighted by molar-refractivity contribution is -0.129. The molecular formula is C32H36FN5O2. The van der Waals surface area contributed by atoms with Crippen molar-refractivity contribution >= 4 is 23.3 Å². The lowest BCUT2D eigenvalue weighted by atomic mass is 9.83. The average molecular weight is 542 g/mol. The molecule has 3 aliphatic carbocycles. The van der Waals surface area contributed by atoms with Crippen LogP contribution in [0.4, 0.5) is 4.39 Å². The van der Waals surface area contributed by atoms with Crippen LogP contribution in [0.5, 0.6) is 0 Å². The van der Waals surface area contributed by atoms with Crippen molar-refractivity contribution in [2.45, 2.75) is 62.2 Å². The topological polar surface area (TPSA) is 60.7 Å². The van der Waals surface area contributed by atoms with E-state index < -0.39 is 0 Å². The number of allylic oxidation sites excluding steroid dienone is 2. The number of carbonyl (C=O) groups excluding carboxylic acids is 1. The monoisotopic (exact) mass is 541 g/mol. The third-order valence-corrected chi connectivity index (χ3v) is 10.4. The fraction of sp³-hybridized carbons (Fsp3) is 0.531. The van der Waals surface area contributed by atoms with E-state index in [2.05, 4.69) is 41.6 Å². The van der Waals surface area contributed by atoms with Crippen LogP contribution in [-0.4, -0.2) is 89.9 Å². The summed E-state index contributed by atoms with van der Waals surface area (Å²) in [7, 11) is 2.14. The number of aliphatic imine (C=N–C) groups is 2. The highest BCUT2D eigenvalue weighted by atomic mass is 19.1. The van der Waals surface area contributed by atoms with E-state index in [0.717, 1.165) is 43.1 Å². The van der Waals surface area contributed by atoms with Gasteiger partial charge in [0.05, 0.1) is 24.0 Å². The molecule has 0 N–H and O–H groups in total. The van der Waals surface area contributed by atoms with E-state index in [0.29, 0.717) is 43.3 Å². The van der Waals surface area contributed by atoms with Gasteiger partial charge in [0.15, 0.2) is 0 Å². The number of nitrogens with zero attached hydrogens (tertiary/aromatic N) is 5. The summed E-state index contributed by atoms with van der Waals surface area (Å²) in [5.74, 6) is 1.62. The number of likely N-dealkylation sites (tertiary alicyclic amines) is 3. The van der Waals surface area contributed by atoms with Crippen LogP contribution in [0.2, 0.25) is 0 Å². The largest absolute Gasteiger partial charge is 0.462 e. The van der Waals surface area contributed by atoms with E-state index in [4.69, 9.17) is 14.7 Å². The standard InChI is InChI=1S/C32H36FN5O2/c1-3-29(39)37-11-9-27-28(37)16-38(27)31-24-14-25(33)23(21-8-4-6-18-12-19-13-22(19)30(18)21)15-26(24)34-32(35-31)40-17-20-7-5-10-36(20)2/h3-4,6,8,14-15,19-20,22,24,26-28H,1,5,7,9-13,16-17H2,2H3/t19?,20-,22?,24?,26?,27+,28+/m0/s1. The van der Waals surface area contributed by atoms with E-state index in [9.17, 15) is 4.79 Å². The molecule has 1 aromatic rings. The normalized spacial score (nSPS) is 35.4. The third-order valence-electron chi connectivity index (χ3n) is 10.4. The molecule has 0 spiro atoms. The molecule has 208 valence electrons. The molecule has 0 bridgehead atoms. The molecule has 7 aliphatic rings. The number of hydrogen-bond donors (Lipinski definition) is 0. The Hall–Kier alpha value is -3.26. The van der Waals surface area contributed by atoms with Crippen LogP contribution in [0.3, 0.4) is 0 Å². The Morgan fingerprint density at radius 3 is 2.95 bits per heavy atom. The first kappa shape index (κ1) is 24.5. The number of likely N-dealkylation sites (N-methyl/N-ethyl adjacent to an activating group) is 1. The Kier molecular flexibility index (Phi) is 5.60. The molecule has 4 heterocycles. The van der Waals surface area contributed by atoms with E-state index >= 15 is 4.39 Å². The van der Waals surface area contributed by atoms with Crippen molar-refractivity contribution in [2.24, 2.45) is 21.8 Å². The zero-order chi connectivity index (χ0) is 27.1. The minimum atomic E-state index is -0.291. The second kappa shape index (κ2) is 9.13. The van der Waals surface area contributed by atoms with Gasteiger partial charge in [-0.05, 0) is 92.5 Å². The first-order valence-corrected chi connectivity index (χ1v) is 14.9. The summed E-state index contributed by atoms with van der Waals surface area (Å²) in [5.41, 5.74) is 4.41. The highest BCUT2D eigenvalue weighted by Crippen LogP contribution is 2.58. The molecular weight excluding hydrogens is 505 g/mol. The molecule has 4 unspecified atom stereocenters. The lowest BCUT2D eigenvalue weighted by Crippen LogP contribution is -2.66. The minimum absolute atomic E-state index is 0.0219. The Balaban J connectivity index is 1.12. The number of carbonyl (C=O) groups is 1. The van der Waals surface area contributed by atoms with Gasteiger partial charge in [0.1, 0.15) is 18.3 Å². The number of hydrogen-bond acceptors (Lipinski definition) is 6. The van der Waals surface area contributed by atoms with E-state index in [1.807, 2.05) is 11.0 Å². The van der Waals surface area contributed by atoms with Crippen molar-refractivity contribution in [1.29, 1.82) is 0 Å². The molecule has 0 aromatic heterocycles. The smallest absolute Gasteiger partial charge is 0.314 e. The van der Waals surface area contributed by atoms with E-state index in [1.54, 1.807) is 6.08 Å². The Bertz CT molecular complexity index is 1410. The number of amidine groups is 2. The van der Waals surface area contributed by atoms with Crippen LogP contribution in [0, 0.1) is 11.8 Å². The molecule has 8 heteroatoms. The minimum Gasteiger partial charge on any atom is -0.462 e. The number of ether oxygens (including phenoxy) is 1. The van der Waals surface area contributed by atoms with Gasteiger partial charge in [-0.15, -0.1) is 0 Å². The van der Waals surface area contributed by atoms with Crippen LogP contribution in [0.15, 0.2) is 58.8 Å². The van der Waals surface area contributed by atoms with Crippen molar-refractivity contribution in [3.63, 3.8) is 0 Å². The summed E-state index contributed by atoms with van der Waals surface area (Å²) in [5, 5.41) is 0. The molecule has 7 atom stereocenters. The summed E-state index contributed by atoms with van der Waals surface area (Å²) >= 11 is 0. The van der Waals surface area contributed by atoms with Crippen LogP contribution in [-0.2, 0) is 16.0 Å². The maximum atomic E-state index is 16.0. The summed E-state index contributed by atoms with van der Waals surface area (Å²) in [6.45, 7) is 6.69. The van der Waals surface area contributed by atoms with Crippen molar-refractivity contribution in [3.05, 3.63) is 65.5 Å². The predicted molar refractivity (Wildman–Crippen MR) is 153 cm³/mol. The van der Waals surface area contributed by atoms with E-state index in [1.165, 1.54) is 30.0 Å². The maximum Gasteiger partial charge on any atom is 0.314 e. The molecule has 1 amide bonds. The van der Waals surface area contributed by atoms with Gasteiger partial charge in [-0.2, -0.15) is 4.99 Å². The Morgan fingerprint density at radius 1 is 1.23 bits per heavy atom. The van der Waals surface area contributed by atoms with Crippen LogP contribution < -0.4 is 0 Å². The van der Waals surface area contributed by atoms with Crippen LogP contribution >= 0.6 is 0 Å². The van der Waals surface area contributed by atoms with Gasteiger partial charge >= 0.3 is 6.02 Å². The predicted octanol–water partition coefficient (Wildman–Crippen LogP) is 3.93. The number of halogens is 1. The first-order chi connectivity index (χ1) is 19.5. The maximum absolute atomic E-state index is 16.0. The molecule has 7 nitrogen and oxygen atoms in total. The quantitative estimate of drug-likeness (QED) is 0.542. The van der Waals surface area contributed by atoms with Crippen molar-refractivity contribution in [3.8, 4) is 0 Å². The number of fused-ring (bicyclic) bond motifs is 5. The molecule has 8 rings (SSSR count). The fourth-order valence-corrected chi connectivity index (χ4v) is 8.13. The van der Waals surface area contributed by atoms with E-state index in [-0.39, 0.29) is 35.8 Å². The Labute approximate surface area is 234 Å². The molecule has 4 fully saturated rings. The summed E-state index contributed by atoms with van der Waals surface area (Å²) in [6.07, 6.45) is 10.6. The van der Waals surface area contributed by atoms with Gasteiger partial charge in [0.2, 0.25) is 5.91 Å². The second-order valence-electron chi connectivity index (χ2n) is 12.6. The first-order valence-electron chi connectivity index (χ1n) is 14.9. The number of benzene rings is 1. The zero-order valence-corrected chi connectivity index (χ0v) is 23.0. The number of rotatable bonds is 4. The average Bonchev–Trinajstić information content (AvgIpc) is 3.23. The van der Waals surface area contributed by atoms with Crippen LogP contribution in [0.1, 0.15) is 48.3 Å². The van der Waals surface area contributed by atoms with Gasteiger partial charge in [-0.25, -0.2) is 9.38 Å². The van der Waals surface area contributed by atoms with Gasteiger partial charge in [-0.1, -0.05) is 24.8 Å². The van der Waals surface area contributed by atoms with Crippen molar-refractivity contribution < 1.29 is 13.9 Å². The highest BCUT2D eigenvalue weighted by Gasteiger charge is 2.52. The van der Waals surface area contributed by atoms with Gasteiger partial charge < -0.3 is 19.4 Å². The summed E-state index contributed by atoms with van der Waals surface area (Å²) in [6, 6.07) is 7.14. The molecule has 1 aromatic carbocycles. The molecule has 0 radical (unpaired) electrons. The van der Waals surface area contributed by atoms with Gasteiger partial charge in [-0.3, -0.25) is 4.79 Å². The van der Waals surface area contributed by atoms with Crippen molar-refractivity contribution in [2.75, 3.05) is 33.3 Å². The van der Waals surface area contributed by atoms with Crippen LogP contribution in [0.25, 0.3) is 5.57 Å². The summed E-state index contributed by atoms with van der Waals surface area (Å²) in [4.78, 5) is 28.7. The highest BCUT2D eigenvalue weighted by molar-refractivity contribution is 6.01. The summed E-state index contributed by atoms with van der Waals surface area (Å²) < 4.78 is 22.3. The zero-order valence-electron chi connectivity index (χ0n) is 23.0. The SMILES string of the molecule is C=CC(=O)N1CC[C@@H]2[C@H]1CN2C1=NC(OC[C@@H]2CCCN2C)=NC2C=C(c3cccc4c3C3CC3C4)C(F)=CC12. The Morgan fingerprint density at radius 2 is 2.12 bits per heavy atom. The molecule has 3 saturated heterocycles. The third kappa shape index (κ3) is 3.75. The fourth-order valence-electron chi connectivity index (χ4n) is 8.13. The van der Waals surface area contributed by atoms with Gasteiger partial charge in [0.25, 0.3) is 0 Å². The van der Waals surface area contributed by atoms with Crippen molar-refractivity contribution in [1.82, 2.24) is 14.7 Å².